The Hall–Kier alpha value is -2.90. The van der Waals surface area contributed by atoms with Crippen LogP contribution in [0.4, 0.5) is 5.82 Å². The molecule has 0 spiro atoms. The molecule has 4 fully saturated rings. The molecule has 146 valence electrons. The number of carbonyl (C=O) groups excluding carboxylic acids is 1. The lowest BCUT2D eigenvalue weighted by atomic mass is 9.48. The van der Waals surface area contributed by atoms with Gasteiger partial charge in [-0.05, 0) is 89.7 Å². The molecule has 1 aromatic carbocycles. The number of hydrazone groups is 1. The van der Waals surface area contributed by atoms with Crippen LogP contribution in [0.15, 0.2) is 27.9 Å². The monoisotopic (exact) mass is 381 g/mol. The number of aromatic hydroxyl groups is 1. The number of aromatic nitrogens is 2. The number of hydrogen-bond acceptors (Lipinski definition) is 7. The van der Waals surface area contributed by atoms with Crippen molar-refractivity contribution in [1.29, 1.82) is 0 Å². The first-order valence-corrected chi connectivity index (χ1v) is 9.77. The number of phenols is 1. The van der Waals surface area contributed by atoms with Gasteiger partial charge in [0.25, 0.3) is 5.91 Å². The van der Waals surface area contributed by atoms with E-state index in [0.717, 1.165) is 17.8 Å². The molecule has 1 aromatic heterocycles. The van der Waals surface area contributed by atoms with E-state index in [1.165, 1.54) is 50.3 Å². The molecule has 6 rings (SSSR count). The first-order valence-electron chi connectivity index (χ1n) is 9.77. The zero-order valence-electron chi connectivity index (χ0n) is 15.5. The third-order valence-electron chi connectivity index (χ3n) is 6.78. The van der Waals surface area contributed by atoms with E-state index in [-0.39, 0.29) is 22.7 Å². The van der Waals surface area contributed by atoms with Crippen LogP contribution in [0.1, 0.15) is 60.1 Å². The molecule has 4 N–H and O–H groups in total. The maximum Gasteiger partial charge on any atom is 0.297 e. The van der Waals surface area contributed by atoms with Crippen molar-refractivity contribution >= 4 is 17.9 Å². The SMILES string of the molecule is Nc1nonc1C(=O)N/N=C/c1cc(C23CC4CC(CC(C4)C2)C3)ccc1O. The first kappa shape index (κ1) is 17.2. The van der Waals surface area contributed by atoms with Crippen molar-refractivity contribution in [3.63, 3.8) is 0 Å². The summed E-state index contributed by atoms with van der Waals surface area (Å²) >= 11 is 0. The topological polar surface area (TPSA) is 127 Å². The van der Waals surface area contributed by atoms with E-state index in [1.54, 1.807) is 6.07 Å². The Kier molecular flexibility index (Phi) is 3.89. The molecular weight excluding hydrogens is 358 g/mol. The maximum absolute atomic E-state index is 12.0. The average molecular weight is 381 g/mol. The number of benzene rings is 1. The summed E-state index contributed by atoms with van der Waals surface area (Å²) in [5.41, 5.74) is 9.80. The van der Waals surface area contributed by atoms with E-state index < -0.39 is 5.91 Å². The number of nitrogen functional groups attached to an aromatic ring is 1. The highest BCUT2D eigenvalue weighted by Crippen LogP contribution is 2.60. The Morgan fingerprint density at radius 1 is 1.21 bits per heavy atom. The number of nitrogens with one attached hydrogen (secondary N) is 1. The quantitative estimate of drug-likeness (QED) is 0.552. The van der Waals surface area contributed by atoms with Crippen molar-refractivity contribution in [2.24, 2.45) is 22.9 Å². The van der Waals surface area contributed by atoms with Crippen LogP contribution >= 0.6 is 0 Å². The van der Waals surface area contributed by atoms with Gasteiger partial charge in [-0.1, -0.05) is 6.07 Å². The van der Waals surface area contributed by atoms with Gasteiger partial charge in [0.1, 0.15) is 5.75 Å². The molecule has 4 bridgehead atoms. The summed E-state index contributed by atoms with van der Waals surface area (Å²) in [5, 5.41) is 21.0. The second-order valence-corrected chi connectivity index (χ2v) is 8.67. The second kappa shape index (κ2) is 6.32. The number of amides is 1. The molecule has 0 unspecified atom stereocenters. The Labute approximate surface area is 162 Å². The van der Waals surface area contributed by atoms with Crippen molar-refractivity contribution in [3.05, 3.63) is 35.0 Å². The van der Waals surface area contributed by atoms with Gasteiger partial charge in [0.05, 0.1) is 6.21 Å². The zero-order valence-corrected chi connectivity index (χ0v) is 15.5. The van der Waals surface area contributed by atoms with Crippen LogP contribution in [0, 0.1) is 17.8 Å². The third-order valence-corrected chi connectivity index (χ3v) is 6.78. The molecule has 28 heavy (non-hydrogen) atoms. The standard InChI is InChI=1S/C20H23N5O3/c21-18-17(24-28-25-18)19(27)23-22-10-14-6-15(1-2-16(14)26)20-7-11-3-12(8-20)5-13(4-11)9-20/h1-2,6,10-13,26H,3-5,7-9H2,(H2,21,25)(H,23,27)/b22-10+. The van der Waals surface area contributed by atoms with Gasteiger partial charge in [-0.2, -0.15) is 5.10 Å². The molecule has 0 aliphatic heterocycles. The van der Waals surface area contributed by atoms with Crippen LogP contribution in [0.2, 0.25) is 0 Å². The molecule has 4 saturated carbocycles. The molecule has 4 aliphatic rings. The van der Waals surface area contributed by atoms with Crippen LogP contribution in [0.25, 0.3) is 0 Å². The predicted octanol–water partition coefficient (Wildman–Crippen LogP) is 2.59. The second-order valence-electron chi connectivity index (χ2n) is 8.67. The lowest BCUT2D eigenvalue weighted by molar-refractivity contribution is -0.00520. The van der Waals surface area contributed by atoms with Gasteiger partial charge in [0.2, 0.25) is 11.5 Å². The summed E-state index contributed by atoms with van der Waals surface area (Å²) in [6, 6.07) is 5.81. The van der Waals surface area contributed by atoms with Gasteiger partial charge in [0, 0.05) is 5.56 Å². The van der Waals surface area contributed by atoms with Gasteiger partial charge in [0.15, 0.2) is 0 Å². The van der Waals surface area contributed by atoms with Crippen LogP contribution < -0.4 is 11.2 Å². The lowest BCUT2D eigenvalue weighted by Gasteiger charge is -2.57. The van der Waals surface area contributed by atoms with E-state index in [0.29, 0.717) is 5.56 Å². The molecule has 0 radical (unpaired) electrons. The minimum atomic E-state index is -0.619. The number of nitrogens with two attached hydrogens (primary N) is 1. The Morgan fingerprint density at radius 2 is 1.89 bits per heavy atom. The fourth-order valence-corrected chi connectivity index (χ4v) is 6.02. The zero-order chi connectivity index (χ0) is 19.3. The number of anilines is 1. The predicted molar refractivity (Wildman–Crippen MR) is 102 cm³/mol. The van der Waals surface area contributed by atoms with Crippen LogP contribution in [-0.4, -0.2) is 27.5 Å². The Morgan fingerprint density at radius 3 is 2.50 bits per heavy atom. The lowest BCUT2D eigenvalue weighted by Crippen LogP contribution is -2.48. The van der Waals surface area contributed by atoms with Crippen molar-refractivity contribution in [2.45, 2.75) is 43.9 Å². The van der Waals surface area contributed by atoms with Crippen molar-refractivity contribution in [3.8, 4) is 5.75 Å². The van der Waals surface area contributed by atoms with Crippen LogP contribution in [-0.2, 0) is 5.41 Å². The molecule has 1 amide bonds. The fraction of sp³-hybridized carbons (Fsp3) is 0.500. The van der Waals surface area contributed by atoms with Crippen molar-refractivity contribution < 1.29 is 14.5 Å². The summed E-state index contributed by atoms with van der Waals surface area (Å²) in [6.45, 7) is 0. The van der Waals surface area contributed by atoms with Gasteiger partial charge < -0.3 is 10.8 Å². The summed E-state index contributed by atoms with van der Waals surface area (Å²) < 4.78 is 4.41. The third kappa shape index (κ3) is 2.83. The van der Waals surface area contributed by atoms with Gasteiger partial charge >= 0.3 is 0 Å². The number of carbonyl (C=O) groups is 1. The van der Waals surface area contributed by atoms with E-state index in [9.17, 15) is 9.90 Å². The highest BCUT2D eigenvalue weighted by Gasteiger charge is 2.51. The molecule has 1 heterocycles. The summed E-state index contributed by atoms with van der Waals surface area (Å²) in [7, 11) is 0. The van der Waals surface area contributed by atoms with Crippen molar-refractivity contribution in [2.75, 3.05) is 5.73 Å². The van der Waals surface area contributed by atoms with E-state index >= 15 is 0 Å². The normalized spacial score (nSPS) is 30.8. The fourth-order valence-electron chi connectivity index (χ4n) is 6.02. The molecule has 8 heteroatoms. The first-order chi connectivity index (χ1) is 13.5. The minimum absolute atomic E-state index is 0.0978. The van der Waals surface area contributed by atoms with Crippen LogP contribution in [0.3, 0.4) is 0 Å². The summed E-state index contributed by atoms with van der Waals surface area (Å²) in [6.07, 6.45) is 9.34. The minimum Gasteiger partial charge on any atom is -0.507 e. The molecule has 8 nitrogen and oxygen atoms in total. The average Bonchev–Trinajstić information content (AvgIpc) is 3.08. The van der Waals surface area contributed by atoms with E-state index in [4.69, 9.17) is 5.73 Å². The van der Waals surface area contributed by atoms with E-state index in [2.05, 4.69) is 31.5 Å². The van der Waals surface area contributed by atoms with Gasteiger partial charge in [-0.25, -0.2) is 10.1 Å². The molecule has 0 saturated heterocycles. The number of hydrogen-bond donors (Lipinski definition) is 3. The van der Waals surface area contributed by atoms with Gasteiger partial charge in [-0.3, -0.25) is 4.79 Å². The smallest absolute Gasteiger partial charge is 0.297 e. The highest BCUT2D eigenvalue weighted by atomic mass is 16.6. The summed E-state index contributed by atoms with van der Waals surface area (Å²) in [5.74, 6) is 1.95. The largest absolute Gasteiger partial charge is 0.507 e. The molecule has 0 atom stereocenters. The van der Waals surface area contributed by atoms with Crippen LogP contribution in [0.5, 0.6) is 5.75 Å². The maximum atomic E-state index is 12.0. The van der Waals surface area contributed by atoms with E-state index in [1.807, 2.05) is 6.07 Å². The Bertz CT molecular complexity index is 916. The number of rotatable bonds is 4. The molecule has 4 aliphatic carbocycles. The van der Waals surface area contributed by atoms with Crippen molar-refractivity contribution in [1.82, 2.24) is 15.7 Å². The van der Waals surface area contributed by atoms with Gasteiger partial charge in [-0.15, -0.1) is 0 Å². The Balaban J connectivity index is 1.36. The summed E-state index contributed by atoms with van der Waals surface area (Å²) in [4.78, 5) is 12.0. The highest BCUT2D eigenvalue weighted by molar-refractivity contribution is 5.96. The molecular formula is C20H23N5O3. The number of nitrogens with zero attached hydrogens (tertiary/aromatic N) is 3. The molecule has 2 aromatic rings. The number of phenolic OH excluding ortho intramolecular Hbond substituents is 1.